The number of hydrogen-bond acceptors (Lipinski definition) is 3. The molecule has 0 aliphatic carbocycles. The molecule has 31 heavy (non-hydrogen) atoms. The van der Waals surface area contributed by atoms with Crippen LogP contribution in [-0.2, 0) is 17.8 Å². The second-order valence-corrected chi connectivity index (χ2v) is 9.87. The van der Waals surface area contributed by atoms with E-state index in [1.54, 1.807) is 12.1 Å². The van der Waals surface area contributed by atoms with Gasteiger partial charge >= 0.3 is 0 Å². The van der Waals surface area contributed by atoms with Crippen molar-refractivity contribution in [3.8, 4) is 0 Å². The van der Waals surface area contributed by atoms with Gasteiger partial charge in [0.25, 0.3) is 0 Å². The number of pyridine rings is 1. The van der Waals surface area contributed by atoms with Gasteiger partial charge in [0.2, 0.25) is 5.91 Å². The Morgan fingerprint density at radius 1 is 1.19 bits per heavy atom. The van der Waals surface area contributed by atoms with Gasteiger partial charge in [0.1, 0.15) is 5.82 Å². The van der Waals surface area contributed by atoms with Crippen LogP contribution in [0, 0.1) is 24.1 Å². The molecule has 2 aliphatic heterocycles. The molecular weight excluding hydrogens is 389 g/mol. The number of amides is 1. The Balaban J connectivity index is 1.46. The molecule has 4 rings (SSSR count). The first kappa shape index (κ1) is 21.9. The molecule has 1 unspecified atom stereocenters. The van der Waals surface area contributed by atoms with Gasteiger partial charge in [-0.15, -0.1) is 0 Å². The van der Waals surface area contributed by atoms with Gasteiger partial charge in [-0.05, 0) is 80.9 Å². The number of likely N-dealkylation sites (tertiary alicyclic amines) is 2. The molecule has 4 nitrogen and oxygen atoms in total. The molecule has 1 atom stereocenters. The van der Waals surface area contributed by atoms with Crippen LogP contribution in [-0.4, -0.2) is 46.4 Å². The van der Waals surface area contributed by atoms with Crippen molar-refractivity contribution >= 4 is 5.91 Å². The summed E-state index contributed by atoms with van der Waals surface area (Å²) in [7, 11) is 0. The van der Waals surface area contributed by atoms with Gasteiger partial charge in [0.15, 0.2) is 0 Å². The molecule has 166 valence electrons. The smallest absolute Gasteiger partial charge is 0.229 e. The summed E-state index contributed by atoms with van der Waals surface area (Å²) in [6, 6.07) is 11.1. The van der Waals surface area contributed by atoms with Crippen molar-refractivity contribution in [2.75, 3.05) is 19.6 Å². The Morgan fingerprint density at radius 3 is 2.65 bits per heavy atom. The first-order chi connectivity index (χ1) is 14.9. The summed E-state index contributed by atoms with van der Waals surface area (Å²) < 4.78 is 13.7. The average Bonchev–Trinajstić information content (AvgIpc) is 2.96. The third kappa shape index (κ3) is 4.82. The van der Waals surface area contributed by atoms with Gasteiger partial charge in [-0.1, -0.05) is 32.0 Å². The number of carbonyl (C=O) groups excluding carboxylic acids is 1. The number of aryl methyl sites for hydroxylation is 1. The predicted octanol–water partition coefficient (Wildman–Crippen LogP) is 4.61. The zero-order chi connectivity index (χ0) is 22.0. The monoisotopic (exact) mass is 423 g/mol. The largest absolute Gasteiger partial charge is 0.339 e. The minimum atomic E-state index is -0.261. The van der Waals surface area contributed by atoms with Crippen molar-refractivity contribution in [1.82, 2.24) is 14.8 Å². The molecule has 2 fully saturated rings. The van der Waals surface area contributed by atoms with Crippen LogP contribution in [0.4, 0.5) is 4.39 Å². The van der Waals surface area contributed by atoms with Gasteiger partial charge in [-0.3, -0.25) is 14.7 Å². The molecule has 0 bridgehead atoms. The molecule has 5 heteroatoms. The van der Waals surface area contributed by atoms with Crippen LogP contribution in [0.2, 0.25) is 0 Å². The predicted molar refractivity (Wildman–Crippen MR) is 121 cm³/mol. The average molecular weight is 424 g/mol. The number of nitrogens with zero attached hydrogens (tertiary/aromatic N) is 3. The Labute approximate surface area is 185 Å². The lowest BCUT2D eigenvalue weighted by atomic mass is 9.75. The first-order valence-corrected chi connectivity index (χ1v) is 11.5. The molecule has 0 N–H and O–H groups in total. The normalized spacial score (nSPS) is 21.4. The molecule has 2 aromatic rings. The summed E-state index contributed by atoms with van der Waals surface area (Å²) in [5, 5.41) is 0. The number of carbonyl (C=O) groups is 1. The van der Waals surface area contributed by atoms with Crippen molar-refractivity contribution in [1.29, 1.82) is 0 Å². The number of aromatic nitrogens is 1. The molecule has 2 saturated heterocycles. The minimum Gasteiger partial charge on any atom is -0.339 e. The minimum absolute atomic E-state index is 0.154. The topological polar surface area (TPSA) is 36.4 Å². The Morgan fingerprint density at radius 2 is 1.97 bits per heavy atom. The fraction of sp³-hybridized carbons (Fsp3) is 0.538. The summed E-state index contributed by atoms with van der Waals surface area (Å²) in [6.07, 6.45) is 5.26. The van der Waals surface area contributed by atoms with Crippen molar-refractivity contribution in [3.63, 3.8) is 0 Å². The number of halogens is 1. The van der Waals surface area contributed by atoms with E-state index >= 15 is 0 Å². The van der Waals surface area contributed by atoms with Crippen LogP contribution in [0.1, 0.15) is 49.9 Å². The van der Waals surface area contributed by atoms with E-state index in [1.807, 2.05) is 18.3 Å². The first-order valence-electron chi connectivity index (χ1n) is 11.5. The molecule has 1 aromatic carbocycles. The highest BCUT2D eigenvalue weighted by molar-refractivity contribution is 5.85. The van der Waals surface area contributed by atoms with Gasteiger partial charge in [0.05, 0.1) is 11.1 Å². The molecule has 0 radical (unpaired) electrons. The van der Waals surface area contributed by atoms with E-state index < -0.39 is 0 Å². The highest BCUT2D eigenvalue weighted by Gasteiger charge is 2.52. The van der Waals surface area contributed by atoms with E-state index in [-0.39, 0.29) is 17.3 Å². The second-order valence-electron chi connectivity index (χ2n) is 9.87. The molecule has 1 amide bonds. The lowest BCUT2D eigenvalue weighted by Gasteiger charge is -2.38. The second kappa shape index (κ2) is 9.07. The van der Waals surface area contributed by atoms with Crippen LogP contribution in [0.25, 0.3) is 0 Å². The standard InChI is InChI=1S/C26H34FN3O/c1-19(2)17-30-23(15-21-7-4-8-22(27)14-21)16-26(25(30)31)9-12-29(13-10-26)18-24-20(3)6-5-11-28-24/h4-8,11,14,19,23H,9-10,12-13,15-18H2,1-3H3. The molecule has 0 saturated carbocycles. The van der Waals surface area contributed by atoms with E-state index in [0.717, 1.165) is 63.1 Å². The van der Waals surface area contributed by atoms with E-state index in [0.29, 0.717) is 11.8 Å². The summed E-state index contributed by atoms with van der Waals surface area (Å²) in [4.78, 5) is 22.7. The van der Waals surface area contributed by atoms with Crippen LogP contribution < -0.4 is 0 Å². The maximum absolute atomic E-state index is 13.7. The van der Waals surface area contributed by atoms with Crippen molar-refractivity contribution in [2.24, 2.45) is 11.3 Å². The maximum atomic E-state index is 13.7. The Bertz CT molecular complexity index is 920. The molecule has 1 spiro atoms. The number of hydrogen-bond donors (Lipinski definition) is 0. The maximum Gasteiger partial charge on any atom is 0.229 e. The summed E-state index contributed by atoms with van der Waals surface area (Å²) in [6.45, 7) is 9.89. The number of rotatable bonds is 6. The van der Waals surface area contributed by atoms with Gasteiger partial charge in [-0.25, -0.2) is 4.39 Å². The summed E-state index contributed by atoms with van der Waals surface area (Å²) >= 11 is 0. The van der Waals surface area contributed by atoms with E-state index in [2.05, 4.69) is 41.6 Å². The molecule has 1 aromatic heterocycles. The molecular formula is C26H34FN3O. The van der Waals surface area contributed by atoms with E-state index in [1.165, 1.54) is 11.6 Å². The SMILES string of the molecule is Cc1cccnc1CN1CCC2(CC1)CC(Cc1cccc(F)c1)N(CC(C)C)C2=O. The van der Waals surface area contributed by atoms with E-state index in [9.17, 15) is 9.18 Å². The van der Waals surface area contributed by atoms with E-state index in [4.69, 9.17) is 0 Å². The zero-order valence-corrected chi connectivity index (χ0v) is 19.0. The number of piperidine rings is 1. The lowest BCUT2D eigenvalue weighted by molar-refractivity contribution is -0.139. The highest BCUT2D eigenvalue weighted by Crippen LogP contribution is 2.45. The Hall–Kier alpha value is -2.27. The van der Waals surface area contributed by atoms with Gasteiger partial charge in [0, 0.05) is 25.3 Å². The van der Waals surface area contributed by atoms with Crippen molar-refractivity contribution in [3.05, 3.63) is 65.2 Å². The van der Waals surface area contributed by atoms with Crippen molar-refractivity contribution < 1.29 is 9.18 Å². The lowest BCUT2D eigenvalue weighted by Crippen LogP contribution is -2.45. The Kier molecular flexibility index (Phi) is 6.42. The fourth-order valence-corrected chi connectivity index (χ4v) is 5.32. The van der Waals surface area contributed by atoms with Gasteiger partial charge in [-0.2, -0.15) is 0 Å². The third-order valence-electron chi connectivity index (χ3n) is 7.01. The van der Waals surface area contributed by atoms with Crippen LogP contribution in [0.3, 0.4) is 0 Å². The highest BCUT2D eigenvalue weighted by atomic mass is 19.1. The molecule has 2 aliphatic rings. The summed E-state index contributed by atoms with van der Waals surface area (Å²) in [5.74, 6) is 0.530. The van der Waals surface area contributed by atoms with Crippen LogP contribution in [0.15, 0.2) is 42.6 Å². The third-order valence-corrected chi connectivity index (χ3v) is 7.01. The van der Waals surface area contributed by atoms with Crippen LogP contribution in [0.5, 0.6) is 0 Å². The zero-order valence-electron chi connectivity index (χ0n) is 19.0. The van der Waals surface area contributed by atoms with Crippen molar-refractivity contribution in [2.45, 2.75) is 59.0 Å². The molecule has 3 heterocycles. The van der Waals surface area contributed by atoms with Gasteiger partial charge < -0.3 is 4.90 Å². The van der Waals surface area contributed by atoms with Crippen LogP contribution >= 0.6 is 0 Å². The summed E-state index contributed by atoms with van der Waals surface area (Å²) in [5.41, 5.74) is 3.06. The number of benzene rings is 1. The quantitative estimate of drug-likeness (QED) is 0.681. The fourth-order valence-electron chi connectivity index (χ4n) is 5.32.